The summed E-state index contributed by atoms with van der Waals surface area (Å²) in [5.41, 5.74) is 0.155. The van der Waals surface area contributed by atoms with Gasteiger partial charge in [-0.15, -0.1) is 21.5 Å². The molecule has 1 rings (SSSR count). The molecule has 2 nitrogen and oxygen atoms in total. The van der Waals surface area contributed by atoms with E-state index >= 15 is 0 Å². The highest BCUT2D eigenvalue weighted by Gasteiger charge is 2.18. The second kappa shape index (κ2) is 4.18. The highest BCUT2D eigenvalue weighted by Crippen LogP contribution is 2.25. The number of aryl methyl sites for hydroxylation is 1. The van der Waals surface area contributed by atoms with E-state index in [-0.39, 0.29) is 5.41 Å². The molecule has 0 spiro atoms. The Kier molecular flexibility index (Phi) is 3.42. The van der Waals surface area contributed by atoms with Gasteiger partial charge in [0.2, 0.25) is 0 Å². The van der Waals surface area contributed by atoms with Crippen LogP contribution in [0.1, 0.15) is 50.6 Å². The molecular weight excluding hydrogens is 180 g/mol. The quantitative estimate of drug-likeness (QED) is 0.745. The lowest BCUT2D eigenvalue weighted by atomic mass is 9.98. The minimum atomic E-state index is 0.155. The first kappa shape index (κ1) is 10.6. The van der Waals surface area contributed by atoms with Crippen LogP contribution in [0.5, 0.6) is 0 Å². The number of aromatic nitrogens is 2. The van der Waals surface area contributed by atoms with Gasteiger partial charge in [0.25, 0.3) is 0 Å². The first-order chi connectivity index (χ1) is 6.04. The fraction of sp³-hybridized carbons (Fsp3) is 0.800. The average Bonchev–Trinajstić information content (AvgIpc) is 2.47. The molecule has 0 aliphatic heterocycles. The van der Waals surface area contributed by atoms with Crippen LogP contribution in [0.2, 0.25) is 0 Å². The van der Waals surface area contributed by atoms with Crippen LogP contribution in [0.4, 0.5) is 0 Å². The maximum Gasteiger partial charge on any atom is 0.122 e. The first-order valence-corrected chi connectivity index (χ1v) is 5.68. The summed E-state index contributed by atoms with van der Waals surface area (Å²) in [6.45, 7) is 8.73. The van der Waals surface area contributed by atoms with Crippen LogP contribution in [0, 0.1) is 0 Å². The summed E-state index contributed by atoms with van der Waals surface area (Å²) in [5.74, 6) is 0. The van der Waals surface area contributed by atoms with Crippen molar-refractivity contribution in [2.75, 3.05) is 0 Å². The van der Waals surface area contributed by atoms with Crippen molar-refractivity contribution in [2.24, 2.45) is 0 Å². The molecule has 0 N–H and O–H groups in total. The van der Waals surface area contributed by atoms with Gasteiger partial charge in [-0.3, -0.25) is 0 Å². The SMILES string of the molecule is CCCCc1nnc(C(C)(C)C)s1. The standard InChI is InChI=1S/C10H18N2S/c1-5-6-7-8-11-12-9(13-8)10(2,3)4/h5-7H2,1-4H3. The van der Waals surface area contributed by atoms with E-state index in [0.717, 1.165) is 11.4 Å². The van der Waals surface area contributed by atoms with E-state index in [1.165, 1.54) is 17.8 Å². The normalized spacial score (nSPS) is 12.0. The number of nitrogens with zero attached hydrogens (tertiary/aromatic N) is 2. The van der Waals surface area contributed by atoms with Crippen molar-refractivity contribution >= 4 is 11.3 Å². The third kappa shape index (κ3) is 3.07. The molecule has 0 aliphatic rings. The van der Waals surface area contributed by atoms with Crippen LogP contribution in [0.25, 0.3) is 0 Å². The Balaban J connectivity index is 2.64. The fourth-order valence-electron chi connectivity index (χ4n) is 0.986. The summed E-state index contributed by atoms with van der Waals surface area (Å²) >= 11 is 1.76. The molecule has 0 saturated heterocycles. The Morgan fingerprint density at radius 2 is 1.92 bits per heavy atom. The summed E-state index contributed by atoms with van der Waals surface area (Å²) in [6, 6.07) is 0. The zero-order chi connectivity index (χ0) is 9.90. The lowest BCUT2D eigenvalue weighted by Gasteiger charge is -2.12. The maximum absolute atomic E-state index is 4.21. The Bertz CT molecular complexity index is 260. The van der Waals surface area contributed by atoms with E-state index in [1.54, 1.807) is 11.3 Å². The van der Waals surface area contributed by atoms with E-state index in [9.17, 15) is 0 Å². The minimum absolute atomic E-state index is 0.155. The van der Waals surface area contributed by atoms with Crippen LogP contribution >= 0.6 is 11.3 Å². The molecule has 13 heavy (non-hydrogen) atoms. The molecule has 0 atom stereocenters. The maximum atomic E-state index is 4.21. The molecule has 1 heterocycles. The first-order valence-electron chi connectivity index (χ1n) is 4.87. The molecule has 0 aliphatic carbocycles. The van der Waals surface area contributed by atoms with Crippen LogP contribution < -0.4 is 0 Å². The average molecular weight is 198 g/mol. The van der Waals surface area contributed by atoms with Crippen molar-refractivity contribution in [1.82, 2.24) is 10.2 Å². The van der Waals surface area contributed by atoms with Crippen LogP contribution in [-0.4, -0.2) is 10.2 Å². The van der Waals surface area contributed by atoms with Gasteiger partial charge in [0.15, 0.2) is 0 Å². The van der Waals surface area contributed by atoms with Gasteiger partial charge in [-0.25, -0.2) is 0 Å². The second-order valence-corrected chi connectivity index (χ2v) is 5.42. The van der Waals surface area contributed by atoms with Crippen molar-refractivity contribution < 1.29 is 0 Å². The molecule has 1 aromatic rings. The number of rotatable bonds is 3. The van der Waals surface area contributed by atoms with Gasteiger partial charge in [0.1, 0.15) is 10.0 Å². The number of unbranched alkanes of at least 4 members (excludes halogenated alkanes) is 1. The van der Waals surface area contributed by atoms with Crippen LogP contribution in [0.15, 0.2) is 0 Å². The summed E-state index contributed by atoms with van der Waals surface area (Å²) in [6.07, 6.45) is 3.54. The third-order valence-corrected chi connectivity index (χ3v) is 3.26. The van der Waals surface area contributed by atoms with Gasteiger partial charge in [-0.1, -0.05) is 34.1 Å². The summed E-state index contributed by atoms with van der Waals surface area (Å²) < 4.78 is 0. The predicted molar refractivity (Wildman–Crippen MR) is 57.2 cm³/mol. The number of hydrogen-bond acceptors (Lipinski definition) is 3. The molecule has 1 aromatic heterocycles. The molecule has 0 radical (unpaired) electrons. The molecule has 0 fully saturated rings. The second-order valence-electron chi connectivity index (χ2n) is 4.35. The molecule has 74 valence electrons. The monoisotopic (exact) mass is 198 g/mol. The summed E-state index contributed by atoms with van der Waals surface area (Å²) in [4.78, 5) is 0. The highest BCUT2D eigenvalue weighted by atomic mass is 32.1. The van der Waals surface area contributed by atoms with Gasteiger partial charge in [-0.05, 0) is 6.42 Å². The Hall–Kier alpha value is -0.440. The molecule has 0 bridgehead atoms. The van der Waals surface area contributed by atoms with E-state index in [2.05, 4.69) is 37.9 Å². The molecule has 0 amide bonds. The number of hydrogen-bond donors (Lipinski definition) is 0. The molecule has 3 heteroatoms. The Labute approximate surface area is 84.4 Å². The molecule has 0 saturated carbocycles. The third-order valence-electron chi connectivity index (χ3n) is 1.85. The van der Waals surface area contributed by atoms with Crippen molar-refractivity contribution in [3.05, 3.63) is 10.0 Å². The van der Waals surface area contributed by atoms with E-state index in [0.29, 0.717) is 0 Å². The predicted octanol–water partition coefficient (Wildman–Crippen LogP) is 3.18. The van der Waals surface area contributed by atoms with Gasteiger partial charge in [0, 0.05) is 11.8 Å². The van der Waals surface area contributed by atoms with Crippen LogP contribution in [-0.2, 0) is 11.8 Å². The van der Waals surface area contributed by atoms with Gasteiger partial charge in [-0.2, -0.15) is 0 Å². The lowest BCUT2D eigenvalue weighted by molar-refractivity contribution is 0.577. The van der Waals surface area contributed by atoms with Crippen molar-refractivity contribution in [3.63, 3.8) is 0 Å². The lowest BCUT2D eigenvalue weighted by Crippen LogP contribution is -2.10. The minimum Gasteiger partial charge on any atom is -0.144 e. The van der Waals surface area contributed by atoms with Crippen molar-refractivity contribution in [2.45, 2.75) is 52.4 Å². The van der Waals surface area contributed by atoms with E-state index in [1.807, 2.05) is 0 Å². The topological polar surface area (TPSA) is 25.8 Å². The van der Waals surface area contributed by atoms with Crippen molar-refractivity contribution in [1.29, 1.82) is 0 Å². The van der Waals surface area contributed by atoms with Gasteiger partial charge < -0.3 is 0 Å². The van der Waals surface area contributed by atoms with Gasteiger partial charge >= 0.3 is 0 Å². The van der Waals surface area contributed by atoms with Gasteiger partial charge in [0.05, 0.1) is 0 Å². The molecule has 0 unspecified atom stereocenters. The largest absolute Gasteiger partial charge is 0.144 e. The van der Waals surface area contributed by atoms with Crippen molar-refractivity contribution in [3.8, 4) is 0 Å². The Morgan fingerprint density at radius 1 is 1.23 bits per heavy atom. The highest BCUT2D eigenvalue weighted by molar-refractivity contribution is 7.11. The zero-order valence-corrected chi connectivity index (χ0v) is 9.74. The fourth-order valence-corrected chi connectivity index (χ4v) is 1.92. The smallest absolute Gasteiger partial charge is 0.122 e. The summed E-state index contributed by atoms with van der Waals surface area (Å²) in [7, 11) is 0. The van der Waals surface area contributed by atoms with E-state index < -0.39 is 0 Å². The van der Waals surface area contributed by atoms with Crippen LogP contribution in [0.3, 0.4) is 0 Å². The summed E-state index contributed by atoms with van der Waals surface area (Å²) in [5, 5.41) is 10.7. The zero-order valence-electron chi connectivity index (χ0n) is 8.92. The Morgan fingerprint density at radius 3 is 2.38 bits per heavy atom. The molecular formula is C10H18N2S. The molecule has 0 aromatic carbocycles. The van der Waals surface area contributed by atoms with E-state index in [4.69, 9.17) is 0 Å².